The van der Waals surface area contributed by atoms with Crippen molar-refractivity contribution >= 4 is 38.5 Å². The lowest BCUT2D eigenvalue weighted by Gasteiger charge is -2.06. The fourth-order valence-corrected chi connectivity index (χ4v) is 3.79. The summed E-state index contributed by atoms with van der Waals surface area (Å²) in [6, 6.07) is 0. The number of nitrogens with one attached hydrogen (secondary N) is 1. The maximum atomic E-state index is 4.86. The summed E-state index contributed by atoms with van der Waals surface area (Å²) >= 11 is 1.71. The molecule has 106 valence electrons. The van der Waals surface area contributed by atoms with E-state index in [1.165, 1.54) is 5.01 Å². The highest BCUT2D eigenvalue weighted by molar-refractivity contribution is 7.18. The van der Waals surface area contributed by atoms with Gasteiger partial charge in [0.05, 0.1) is 11.3 Å². The zero-order chi connectivity index (χ0) is 14.3. The van der Waals surface area contributed by atoms with Gasteiger partial charge in [0.2, 0.25) is 0 Å². The number of pyridine rings is 1. The standard InChI is InChI=1S/C14H19N5S/c1-5-8(6-2)13-17-10-11-9(16-7-19(11)4)12(15-3)18-14(10)20-13/h7-8H,5-6H2,1-4H3,(H,15,18). The van der Waals surface area contributed by atoms with E-state index in [1.54, 1.807) is 11.3 Å². The fraction of sp³-hybridized carbons (Fsp3) is 0.500. The molecule has 3 aromatic heterocycles. The molecular formula is C14H19N5S. The third-order valence-corrected chi connectivity index (χ3v) is 4.91. The predicted molar refractivity (Wildman–Crippen MR) is 84.6 cm³/mol. The molecule has 0 saturated heterocycles. The summed E-state index contributed by atoms with van der Waals surface area (Å²) in [6.07, 6.45) is 4.05. The zero-order valence-corrected chi connectivity index (χ0v) is 13.1. The SMILES string of the molecule is CCC(CC)c1nc2c(nc(NC)c3ncn(C)c32)s1. The number of rotatable bonds is 4. The smallest absolute Gasteiger partial charge is 0.155 e. The minimum Gasteiger partial charge on any atom is -0.371 e. The minimum atomic E-state index is 0.524. The molecule has 20 heavy (non-hydrogen) atoms. The van der Waals surface area contributed by atoms with Crippen molar-refractivity contribution in [2.45, 2.75) is 32.6 Å². The van der Waals surface area contributed by atoms with Gasteiger partial charge in [-0.05, 0) is 12.8 Å². The van der Waals surface area contributed by atoms with Gasteiger partial charge in [0.1, 0.15) is 21.4 Å². The van der Waals surface area contributed by atoms with Crippen LogP contribution >= 0.6 is 11.3 Å². The van der Waals surface area contributed by atoms with Crippen LogP contribution in [0.4, 0.5) is 5.82 Å². The molecule has 0 atom stereocenters. The van der Waals surface area contributed by atoms with Crippen LogP contribution in [0, 0.1) is 0 Å². The van der Waals surface area contributed by atoms with E-state index < -0.39 is 0 Å². The fourth-order valence-electron chi connectivity index (χ4n) is 2.58. The number of hydrogen-bond donors (Lipinski definition) is 1. The van der Waals surface area contributed by atoms with Crippen molar-refractivity contribution in [3.8, 4) is 0 Å². The Kier molecular flexibility index (Phi) is 3.33. The molecule has 0 unspecified atom stereocenters. The van der Waals surface area contributed by atoms with Crippen molar-refractivity contribution in [3.63, 3.8) is 0 Å². The molecule has 3 rings (SSSR count). The van der Waals surface area contributed by atoms with Crippen molar-refractivity contribution in [2.24, 2.45) is 7.05 Å². The molecule has 0 saturated carbocycles. The normalized spacial score (nSPS) is 11.8. The molecule has 0 aromatic carbocycles. The van der Waals surface area contributed by atoms with Crippen LogP contribution < -0.4 is 5.32 Å². The summed E-state index contributed by atoms with van der Waals surface area (Å²) < 4.78 is 2.02. The maximum Gasteiger partial charge on any atom is 0.155 e. The van der Waals surface area contributed by atoms with Crippen molar-refractivity contribution in [2.75, 3.05) is 12.4 Å². The molecule has 5 nitrogen and oxygen atoms in total. The number of anilines is 1. The first kappa shape index (κ1) is 13.3. The molecule has 0 radical (unpaired) electrons. The van der Waals surface area contributed by atoms with Gasteiger partial charge in [0.15, 0.2) is 5.82 Å². The molecule has 0 bridgehead atoms. The van der Waals surface area contributed by atoms with Gasteiger partial charge in [-0.15, -0.1) is 0 Å². The van der Waals surface area contributed by atoms with Crippen LogP contribution in [0.5, 0.6) is 0 Å². The summed E-state index contributed by atoms with van der Waals surface area (Å²) in [5, 5.41) is 4.32. The number of aromatic nitrogens is 4. The van der Waals surface area contributed by atoms with Crippen LogP contribution in [0.2, 0.25) is 0 Å². The molecular weight excluding hydrogens is 270 g/mol. The Labute approximate surface area is 122 Å². The van der Waals surface area contributed by atoms with Crippen LogP contribution in [-0.2, 0) is 7.05 Å². The molecule has 0 aliphatic carbocycles. The van der Waals surface area contributed by atoms with Gasteiger partial charge < -0.3 is 9.88 Å². The van der Waals surface area contributed by atoms with E-state index in [0.717, 1.165) is 40.0 Å². The minimum absolute atomic E-state index is 0.524. The lowest BCUT2D eigenvalue weighted by atomic mass is 10.1. The third-order valence-electron chi connectivity index (χ3n) is 3.80. The number of fused-ring (bicyclic) bond motifs is 3. The van der Waals surface area contributed by atoms with Gasteiger partial charge in [0, 0.05) is 20.0 Å². The summed E-state index contributed by atoms with van der Waals surface area (Å²) in [5.41, 5.74) is 2.93. The molecule has 6 heteroatoms. The Hall–Kier alpha value is -1.69. The second-order valence-electron chi connectivity index (χ2n) is 4.98. The highest BCUT2D eigenvalue weighted by Gasteiger charge is 2.19. The number of thiazole rings is 1. The van der Waals surface area contributed by atoms with E-state index >= 15 is 0 Å². The van der Waals surface area contributed by atoms with Crippen molar-refractivity contribution < 1.29 is 0 Å². The Morgan fingerprint density at radius 1 is 1.25 bits per heavy atom. The Bertz CT molecular complexity index is 754. The molecule has 0 fully saturated rings. The first-order valence-corrected chi connectivity index (χ1v) is 7.80. The average Bonchev–Trinajstić information content (AvgIpc) is 3.03. The topological polar surface area (TPSA) is 55.6 Å². The van der Waals surface area contributed by atoms with E-state index in [-0.39, 0.29) is 0 Å². The van der Waals surface area contributed by atoms with E-state index in [0.29, 0.717) is 5.92 Å². The van der Waals surface area contributed by atoms with Gasteiger partial charge in [-0.1, -0.05) is 25.2 Å². The van der Waals surface area contributed by atoms with Gasteiger partial charge in [-0.25, -0.2) is 15.0 Å². The quantitative estimate of drug-likeness (QED) is 0.798. The Balaban J connectivity index is 2.32. The first-order chi connectivity index (χ1) is 9.69. The van der Waals surface area contributed by atoms with E-state index in [4.69, 9.17) is 4.98 Å². The number of imidazole rings is 1. The lowest BCUT2D eigenvalue weighted by molar-refractivity contribution is 0.639. The predicted octanol–water partition coefficient (Wildman–Crippen LogP) is 3.52. The summed E-state index contributed by atoms with van der Waals surface area (Å²) in [5.74, 6) is 1.35. The average molecular weight is 289 g/mol. The summed E-state index contributed by atoms with van der Waals surface area (Å²) in [6.45, 7) is 4.43. The van der Waals surface area contributed by atoms with Crippen LogP contribution in [0.25, 0.3) is 21.4 Å². The molecule has 3 aromatic rings. The summed E-state index contributed by atoms with van der Waals surface area (Å²) in [7, 11) is 3.88. The lowest BCUT2D eigenvalue weighted by Crippen LogP contribution is -1.95. The second-order valence-corrected chi connectivity index (χ2v) is 5.99. The molecule has 0 spiro atoms. The highest BCUT2D eigenvalue weighted by Crippen LogP contribution is 2.35. The van der Waals surface area contributed by atoms with Crippen molar-refractivity contribution in [3.05, 3.63) is 11.3 Å². The zero-order valence-electron chi connectivity index (χ0n) is 12.3. The highest BCUT2D eigenvalue weighted by atomic mass is 32.1. The maximum absolute atomic E-state index is 4.86. The van der Waals surface area contributed by atoms with Crippen LogP contribution in [-0.4, -0.2) is 26.6 Å². The van der Waals surface area contributed by atoms with Gasteiger partial charge in [-0.2, -0.15) is 0 Å². The second kappa shape index (κ2) is 5.01. The molecule has 0 aliphatic heterocycles. The van der Waals surface area contributed by atoms with Crippen LogP contribution in [0.3, 0.4) is 0 Å². The number of aryl methyl sites for hydroxylation is 1. The van der Waals surface area contributed by atoms with Gasteiger partial charge >= 0.3 is 0 Å². The monoisotopic (exact) mass is 289 g/mol. The molecule has 3 heterocycles. The van der Waals surface area contributed by atoms with E-state index in [9.17, 15) is 0 Å². The van der Waals surface area contributed by atoms with E-state index in [1.807, 2.05) is 25.0 Å². The van der Waals surface area contributed by atoms with Crippen LogP contribution in [0.1, 0.15) is 37.6 Å². The Morgan fingerprint density at radius 2 is 2.00 bits per heavy atom. The molecule has 0 aliphatic rings. The molecule has 0 amide bonds. The van der Waals surface area contributed by atoms with Crippen LogP contribution in [0.15, 0.2) is 6.33 Å². The van der Waals surface area contributed by atoms with Crippen molar-refractivity contribution in [1.82, 2.24) is 19.5 Å². The van der Waals surface area contributed by atoms with Gasteiger partial charge in [-0.3, -0.25) is 0 Å². The number of nitrogens with zero attached hydrogens (tertiary/aromatic N) is 4. The van der Waals surface area contributed by atoms with Gasteiger partial charge in [0.25, 0.3) is 0 Å². The summed E-state index contributed by atoms with van der Waals surface area (Å²) in [4.78, 5) is 15.0. The largest absolute Gasteiger partial charge is 0.371 e. The first-order valence-electron chi connectivity index (χ1n) is 6.98. The Morgan fingerprint density at radius 3 is 2.65 bits per heavy atom. The van der Waals surface area contributed by atoms with Crippen molar-refractivity contribution in [1.29, 1.82) is 0 Å². The van der Waals surface area contributed by atoms with E-state index in [2.05, 4.69) is 29.1 Å². The molecule has 1 N–H and O–H groups in total. The third kappa shape index (κ3) is 1.86. The number of hydrogen-bond acceptors (Lipinski definition) is 5.